The second-order valence-electron chi connectivity index (χ2n) is 5.38. The average molecular weight is 311 g/mol. The molecule has 2 unspecified atom stereocenters. The summed E-state index contributed by atoms with van der Waals surface area (Å²) in [5, 5.41) is 11.6. The van der Waals surface area contributed by atoms with Crippen LogP contribution in [0.25, 0.3) is 0 Å². The summed E-state index contributed by atoms with van der Waals surface area (Å²) in [7, 11) is -3.09. The van der Waals surface area contributed by atoms with Crippen molar-refractivity contribution in [2.45, 2.75) is 18.6 Å². The summed E-state index contributed by atoms with van der Waals surface area (Å²) in [5.41, 5.74) is 1.18. The first-order chi connectivity index (χ1) is 9.76. The van der Waals surface area contributed by atoms with E-state index in [0.29, 0.717) is 24.1 Å². The molecule has 6 nitrogen and oxygen atoms in total. The van der Waals surface area contributed by atoms with Crippen molar-refractivity contribution in [2.24, 2.45) is 11.8 Å². The first kappa shape index (κ1) is 15.5. The molecule has 1 fully saturated rings. The van der Waals surface area contributed by atoms with Gasteiger partial charge in [-0.3, -0.25) is 9.59 Å². The minimum Gasteiger partial charge on any atom is -0.481 e. The van der Waals surface area contributed by atoms with Crippen LogP contribution in [0.1, 0.15) is 18.4 Å². The summed E-state index contributed by atoms with van der Waals surface area (Å²) in [4.78, 5) is 22.8. The Kier molecular flexibility index (Phi) is 4.32. The van der Waals surface area contributed by atoms with E-state index in [1.165, 1.54) is 0 Å². The van der Waals surface area contributed by atoms with Gasteiger partial charge >= 0.3 is 5.97 Å². The minimum atomic E-state index is -3.09. The number of benzene rings is 1. The quantitative estimate of drug-likeness (QED) is 0.853. The Bertz CT molecular complexity index is 650. The van der Waals surface area contributed by atoms with E-state index in [4.69, 9.17) is 5.11 Å². The maximum absolute atomic E-state index is 12.0. The molecule has 0 aromatic heterocycles. The zero-order chi connectivity index (χ0) is 15.6. The molecule has 0 radical (unpaired) electrons. The lowest BCUT2D eigenvalue weighted by molar-refractivity contribution is -0.151. The smallest absolute Gasteiger partial charge is 0.307 e. The predicted octanol–water partition coefficient (Wildman–Crippen LogP) is 1.28. The predicted molar refractivity (Wildman–Crippen MR) is 77.5 cm³/mol. The second-order valence-corrected chi connectivity index (χ2v) is 7.53. The fourth-order valence-corrected chi connectivity index (χ4v) is 3.13. The number of anilines is 1. The van der Waals surface area contributed by atoms with Crippen LogP contribution in [0, 0.1) is 11.8 Å². The lowest BCUT2D eigenvalue weighted by Gasteiger charge is -2.31. The van der Waals surface area contributed by atoms with E-state index in [0.717, 1.165) is 6.26 Å². The number of aliphatic carboxylic acids is 1. The number of carboxylic acid groups (broad SMARTS) is 1. The van der Waals surface area contributed by atoms with E-state index < -0.39 is 27.6 Å². The lowest BCUT2D eigenvalue weighted by Crippen LogP contribution is -2.41. The summed E-state index contributed by atoms with van der Waals surface area (Å²) < 4.78 is 22.3. The van der Waals surface area contributed by atoms with Gasteiger partial charge in [0, 0.05) is 11.9 Å². The van der Waals surface area contributed by atoms with Crippen LogP contribution in [-0.4, -0.2) is 31.7 Å². The molecule has 0 bridgehead atoms. The topological polar surface area (TPSA) is 101 Å². The number of carbonyl (C=O) groups excluding carboxylic acids is 1. The summed E-state index contributed by atoms with van der Waals surface area (Å²) in [5.74, 6) is -2.38. The molecule has 1 aromatic rings. The Morgan fingerprint density at radius 3 is 2.19 bits per heavy atom. The highest BCUT2D eigenvalue weighted by molar-refractivity contribution is 7.89. The fourth-order valence-electron chi connectivity index (χ4n) is 2.33. The van der Waals surface area contributed by atoms with E-state index >= 15 is 0 Å². The molecular formula is C14H17NO5S. The average Bonchev–Trinajstić information content (AvgIpc) is 2.27. The van der Waals surface area contributed by atoms with Gasteiger partial charge in [-0.05, 0) is 30.5 Å². The molecular weight excluding hydrogens is 294 g/mol. The molecule has 1 aliphatic rings. The maximum Gasteiger partial charge on any atom is 0.307 e. The number of sulfone groups is 1. The van der Waals surface area contributed by atoms with Gasteiger partial charge in [0.15, 0.2) is 9.84 Å². The first-order valence-electron chi connectivity index (χ1n) is 6.56. The molecule has 1 amide bonds. The van der Waals surface area contributed by atoms with Gasteiger partial charge in [0.1, 0.15) is 0 Å². The standard InChI is InChI=1S/C14H17NO5S/c1-21(19,20)8-9-2-4-10(5-3-9)15-13(16)11-6-7-12(11)14(17)18/h2-5,11-12H,6-8H2,1H3,(H,15,16)(H,17,18). The highest BCUT2D eigenvalue weighted by Crippen LogP contribution is 2.35. The highest BCUT2D eigenvalue weighted by Gasteiger charge is 2.41. The van der Waals surface area contributed by atoms with Crippen molar-refractivity contribution < 1.29 is 23.1 Å². The Morgan fingerprint density at radius 1 is 1.19 bits per heavy atom. The van der Waals surface area contributed by atoms with Gasteiger partial charge < -0.3 is 10.4 Å². The SMILES string of the molecule is CS(=O)(=O)Cc1ccc(NC(=O)C2CCC2C(=O)O)cc1. The van der Waals surface area contributed by atoms with Crippen molar-refractivity contribution in [3.63, 3.8) is 0 Å². The molecule has 1 saturated carbocycles. The second kappa shape index (κ2) is 5.85. The number of carbonyl (C=O) groups is 2. The Hall–Kier alpha value is -1.89. The minimum absolute atomic E-state index is 0.0507. The van der Waals surface area contributed by atoms with Crippen molar-refractivity contribution in [3.05, 3.63) is 29.8 Å². The van der Waals surface area contributed by atoms with Crippen molar-refractivity contribution in [3.8, 4) is 0 Å². The molecule has 0 heterocycles. The molecule has 2 rings (SSSR count). The largest absolute Gasteiger partial charge is 0.481 e. The molecule has 1 aromatic carbocycles. The van der Waals surface area contributed by atoms with Gasteiger partial charge in [-0.25, -0.2) is 8.42 Å². The fraction of sp³-hybridized carbons (Fsp3) is 0.429. The van der Waals surface area contributed by atoms with Crippen molar-refractivity contribution in [2.75, 3.05) is 11.6 Å². The summed E-state index contributed by atoms with van der Waals surface area (Å²) in [6.45, 7) is 0. The van der Waals surface area contributed by atoms with Crippen LogP contribution in [0.2, 0.25) is 0 Å². The van der Waals surface area contributed by atoms with E-state index in [-0.39, 0.29) is 11.7 Å². The first-order valence-corrected chi connectivity index (χ1v) is 8.62. The van der Waals surface area contributed by atoms with Gasteiger partial charge in [-0.2, -0.15) is 0 Å². The lowest BCUT2D eigenvalue weighted by atomic mass is 9.73. The van der Waals surface area contributed by atoms with Crippen LogP contribution in [-0.2, 0) is 25.2 Å². The summed E-state index contributed by atoms with van der Waals surface area (Å²) in [6.07, 6.45) is 2.26. The van der Waals surface area contributed by atoms with Crippen molar-refractivity contribution in [1.82, 2.24) is 0 Å². The molecule has 1 aliphatic carbocycles. The third-order valence-electron chi connectivity index (χ3n) is 3.58. The van der Waals surface area contributed by atoms with E-state index in [1.807, 2.05) is 0 Å². The molecule has 0 saturated heterocycles. The molecule has 2 N–H and O–H groups in total. The van der Waals surface area contributed by atoms with Gasteiger partial charge in [-0.15, -0.1) is 0 Å². The van der Waals surface area contributed by atoms with Crippen LogP contribution in [0.5, 0.6) is 0 Å². The number of carboxylic acids is 1. The number of rotatable bonds is 5. The van der Waals surface area contributed by atoms with E-state index in [2.05, 4.69) is 5.32 Å². The van der Waals surface area contributed by atoms with Crippen molar-refractivity contribution in [1.29, 1.82) is 0 Å². The van der Waals surface area contributed by atoms with Crippen LogP contribution < -0.4 is 5.32 Å². The molecule has 0 spiro atoms. The Balaban J connectivity index is 1.97. The van der Waals surface area contributed by atoms with E-state index in [9.17, 15) is 18.0 Å². The number of amides is 1. The summed E-state index contributed by atoms with van der Waals surface area (Å²) in [6, 6.07) is 6.50. The number of nitrogens with one attached hydrogen (secondary N) is 1. The van der Waals surface area contributed by atoms with Crippen LogP contribution in [0.3, 0.4) is 0 Å². The van der Waals surface area contributed by atoms with E-state index in [1.54, 1.807) is 24.3 Å². The third-order valence-corrected chi connectivity index (χ3v) is 4.44. The van der Waals surface area contributed by atoms with Crippen molar-refractivity contribution >= 4 is 27.4 Å². The van der Waals surface area contributed by atoms with Gasteiger partial charge in [0.2, 0.25) is 5.91 Å². The molecule has 2 atom stereocenters. The van der Waals surface area contributed by atoms with Crippen LogP contribution in [0.4, 0.5) is 5.69 Å². The molecule has 7 heteroatoms. The number of hydrogen-bond acceptors (Lipinski definition) is 4. The van der Waals surface area contributed by atoms with Gasteiger partial charge in [-0.1, -0.05) is 12.1 Å². The monoisotopic (exact) mass is 311 g/mol. The number of hydrogen-bond donors (Lipinski definition) is 2. The molecule has 21 heavy (non-hydrogen) atoms. The Labute approximate surface area is 123 Å². The molecule has 114 valence electrons. The highest BCUT2D eigenvalue weighted by atomic mass is 32.2. The van der Waals surface area contributed by atoms with Crippen LogP contribution in [0.15, 0.2) is 24.3 Å². The van der Waals surface area contributed by atoms with Crippen LogP contribution >= 0.6 is 0 Å². The van der Waals surface area contributed by atoms with Gasteiger partial charge in [0.25, 0.3) is 0 Å². The Morgan fingerprint density at radius 2 is 1.76 bits per heavy atom. The third kappa shape index (κ3) is 4.04. The molecule has 0 aliphatic heterocycles. The zero-order valence-corrected chi connectivity index (χ0v) is 12.4. The maximum atomic E-state index is 12.0. The zero-order valence-electron chi connectivity index (χ0n) is 11.6. The normalized spacial score (nSPS) is 21.4. The van der Waals surface area contributed by atoms with Gasteiger partial charge in [0.05, 0.1) is 17.6 Å². The summed E-state index contributed by atoms with van der Waals surface area (Å²) >= 11 is 0.